The number of H-pyrrole nitrogens is 1. The molecule has 1 aromatic heterocycles. The standard InChI is InChI=1S/C10H5N3O7/c14-6-3-7(15)10(16)11-8-4(6)1-2-5(12(17)18)9(8)13(19)20/h1-3,14H,(H,11,15,16). The predicted molar refractivity (Wildman–Crippen MR) is 65.8 cm³/mol. The van der Waals surface area contributed by atoms with E-state index in [1.54, 1.807) is 0 Å². The van der Waals surface area contributed by atoms with E-state index in [1.807, 2.05) is 4.98 Å². The Kier molecular flexibility index (Phi) is 2.90. The molecular weight excluding hydrogens is 274 g/mol. The van der Waals surface area contributed by atoms with Crippen LogP contribution in [0.1, 0.15) is 0 Å². The molecule has 0 aliphatic carbocycles. The summed E-state index contributed by atoms with van der Waals surface area (Å²) in [5.41, 5.74) is -4.82. The summed E-state index contributed by atoms with van der Waals surface area (Å²) < 4.78 is 0. The first-order valence-electron chi connectivity index (χ1n) is 5.05. The van der Waals surface area contributed by atoms with Gasteiger partial charge >= 0.3 is 11.4 Å². The van der Waals surface area contributed by atoms with Crippen LogP contribution >= 0.6 is 0 Å². The SMILES string of the molecule is O=c1cc(O)c2ccc([N+](=O)[O-])c([N+](=O)[O-])c2[nH]c1=O. The van der Waals surface area contributed by atoms with Crippen molar-refractivity contribution in [3.05, 3.63) is 59.0 Å². The summed E-state index contributed by atoms with van der Waals surface area (Å²) in [6.45, 7) is 0. The zero-order chi connectivity index (χ0) is 15.0. The minimum atomic E-state index is -1.24. The topological polar surface area (TPSA) is 156 Å². The van der Waals surface area contributed by atoms with E-state index < -0.39 is 43.5 Å². The van der Waals surface area contributed by atoms with Crippen LogP contribution in [-0.4, -0.2) is 19.9 Å². The Morgan fingerprint density at radius 2 is 1.75 bits per heavy atom. The third kappa shape index (κ3) is 1.94. The summed E-state index contributed by atoms with van der Waals surface area (Å²) in [6.07, 6.45) is 0. The number of aromatic hydroxyl groups is 1. The summed E-state index contributed by atoms with van der Waals surface area (Å²) in [5, 5.41) is 31.1. The van der Waals surface area contributed by atoms with Crippen molar-refractivity contribution in [1.82, 2.24) is 4.98 Å². The molecule has 1 aromatic carbocycles. The van der Waals surface area contributed by atoms with Crippen molar-refractivity contribution < 1.29 is 15.0 Å². The van der Waals surface area contributed by atoms with Gasteiger partial charge in [-0.25, -0.2) is 0 Å². The third-order valence-electron chi connectivity index (χ3n) is 2.54. The lowest BCUT2D eigenvalue weighted by Gasteiger charge is -1.98. The maximum Gasteiger partial charge on any atom is 0.370 e. The lowest BCUT2D eigenvalue weighted by Crippen LogP contribution is -2.22. The van der Waals surface area contributed by atoms with Crippen molar-refractivity contribution in [2.45, 2.75) is 0 Å². The number of nitrogens with one attached hydrogen (secondary N) is 1. The maximum absolute atomic E-state index is 11.4. The molecule has 2 N–H and O–H groups in total. The van der Waals surface area contributed by atoms with Gasteiger partial charge in [0, 0.05) is 17.5 Å². The van der Waals surface area contributed by atoms with E-state index in [2.05, 4.69) is 0 Å². The smallest absolute Gasteiger partial charge is 0.370 e. The van der Waals surface area contributed by atoms with Crippen molar-refractivity contribution in [2.75, 3.05) is 0 Å². The molecule has 0 aliphatic heterocycles. The first-order chi connectivity index (χ1) is 9.32. The van der Waals surface area contributed by atoms with Gasteiger partial charge < -0.3 is 10.1 Å². The van der Waals surface area contributed by atoms with Gasteiger partial charge in [-0.2, -0.15) is 0 Å². The number of hydrogen-bond donors (Lipinski definition) is 2. The number of aromatic nitrogens is 1. The molecule has 1 heterocycles. The van der Waals surface area contributed by atoms with Gasteiger partial charge in [0.1, 0.15) is 11.3 Å². The molecule has 20 heavy (non-hydrogen) atoms. The van der Waals surface area contributed by atoms with Crippen LogP contribution in [0.15, 0.2) is 27.8 Å². The van der Waals surface area contributed by atoms with Crippen molar-refractivity contribution >= 4 is 22.3 Å². The van der Waals surface area contributed by atoms with Crippen molar-refractivity contribution in [1.29, 1.82) is 0 Å². The van der Waals surface area contributed by atoms with Crippen LogP contribution in [0.4, 0.5) is 11.4 Å². The Bertz CT molecular complexity index is 871. The number of hydrogen-bond acceptors (Lipinski definition) is 7. The van der Waals surface area contributed by atoms with Gasteiger partial charge in [-0.15, -0.1) is 0 Å². The lowest BCUT2D eigenvalue weighted by molar-refractivity contribution is -0.421. The molecule has 0 atom stereocenters. The second kappa shape index (κ2) is 4.42. The van der Waals surface area contributed by atoms with Crippen molar-refractivity contribution in [3.63, 3.8) is 0 Å². The molecule has 10 nitrogen and oxygen atoms in total. The Hall–Kier alpha value is -3.30. The largest absolute Gasteiger partial charge is 0.507 e. The van der Waals surface area contributed by atoms with Crippen LogP contribution in [0.25, 0.3) is 10.9 Å². The predicted octanol–water partition coefficient (Wildman–Crippen LogP) is 0.410. The highest BCUT2D eigenvalue weighted by Gasteiger charge is 2.28. The van der Waals surface area contributed by atoms with Gasteiger partial charge in [0.25, 0.3) is 5.56 Å². The van der Waals surface area contributed by atoms with E-state index in [-0.39, 0.29) is 5.39 Å². The Morgan fingerprint density at radius 3 is 2.30 bits per heavy atom. The molecular formula is C10H5N3O7. The molecule has 102 valence electrons. The fraction of sp³-hybridized carbons (Fsp3) is 0. The maximum atomic E-state index is 11.4. The highest BCUT2D eigenvalue weighted by Crippen LogP contribution is 2.35. The van der Waals surface area contributed by atoms with Gasteiger partial charge in [0.05, 0.1) is 9.85 Å². The Morgan fingerprint density at radius 1 is 1.10 bits per heavy atom. The normalized spacial score (nSPS) is 10.4. The molecule has 0 aliphatic rings. The molecule has 0 saturated carbocycles. The quantitative estimate of drug-likeness (QED) is 0.457. The van der Waals surface area contributed by atoms with E-state index >= 15 is 0 Å². The van der Waals surface area contributed by atoms with E-state index in [4.69, 9.17) is 0 Å². The minimum Gasteiger partial charge on any atom is -0.507 e. The molecule has 0 bridgehead atoms. The van der Waals surface area contributed by atoms with Crippen molar-refractivity contribution in [3.8, 4) is 5.75 Å². The number of rotatable bonds is 2. The molecule has 0 spiro atoms. The fourth-order valence-corrected chi connectivity index (χ4v) is 1.69. The van der Waals surface area contributed by atoms with E-state index in [9.17, 15) is 34.9 Å². The molecule has 10 heteroatoms. The summed E-state index contributed by atoms with van der Waals surface area (Å²) >= 11 is 0. The van der Waals surface area contributed by atoms with Gasteiger partial charge in [-0.1, -0.05) is 0 Å². The van der Waals surface area contributed by atoms with Crippen LogP contribution in [0.2, 0.25) is 0 Å². The third-order valence-corrected chi connectivity index (χ3v) is 2.54. The first kappa shape index (κ1) is 13.1. The molecule has 0 fully saturated rings. The van der Waals surface area contributed by atoms with Crippen LogP contribution in [0.3, 0.4) is 0 Å². The highest BCUT2D eigenvalue weighted by molar-refractivity contribution is 5.94. The summed E-state index contributed by atoms with van der Waals surface area (Å²) in [7, 11) is 0. The number of nitro benzene ring substituents is 2. The number of nitro groups is 2. The van der Waals surface area contributed by atoms with Crippen LogP contribution in [-0.2, 0) is 0 Å². The van der Waals surface area contributed by atoms with Crippen LogP contribution in [0, 0.1) is 20.2 Å². The fourth-order valence-electron chi connectivity index (χ4n) is 1.69. The highest BCUT2D eigenvalue weighted by atomic mass is 16.6. The second-order valence-electron chi connectivity index (χ2n) is 3.72. The van der Waals surface area contributed by atoms with Gasteiger partial charge in [-0.05, 0) is 6.07 Å². The zero-order valence-electron chi connectivity index (χ0n) is 9.52. The summed E-state index contributed by atoms with van der Waals surface area (Å²) in [4.78, 5) is 44.2. The summed E-state index contributed by atoms with van der Waals surface area (Å²) in [5.74, 6) is -0.693. The number of fused-ring (bicyclic) bond motifs is 1. The second-order valence-corrected chi connectivity index (χ2v) is 3.72. The minimum absolute atomic E-state index is 0.249. The lowest BCUT2D eigenvalue weighted by atomic mass is 10.1. The molecule has 0 saturated heterocycles. The number of nitrogens with zero attached hydrogens (tertiary/aromatic N) is 2. The van der Waals surface area contributed by atoms with E-state index in [1.165, 1.54) is 0 Å². The zero-order valence-corrected chi connectivity index (χ0v) is 9.52. The molecule has 2 rings (SSSR count). The van der Waals surface area contributed by atoms with E-state index in [0.29, 0.717) is 6.07 Å². The molecule has 2 aromatic rings. The average Bonchev–Trinajstić information content (AvgIpc) is 2.46. The van der Waals surface area contributed by atoms with Gasteiger partial charge in [0.2, 0.25) is 5.43 Å². The average molecular weight is 279 g/mol. The van der Waals surface area contributed by atoms with Crippen molar-refractivity contribution in [2.24, 2.45) is 0 Å². The van der Waals surface area contributed by atoms with E-state index in [0.717, 1.165) is 12.1 Å². The number of benzene rings is 1. The molecule has 0 unspecified atom stereocenters. The Labute approximate surface area is 108 Å². The molecule has 0 radical (unpaired) electrons. The Balaban J connectivity index is 3.17. The van der Waals surface area contributed by atoms with Gasteiger partial charge in [0.15, 0.2) is 0 Å². The molecule has 0 amide bonds. The van der Waals surface area contributed by atoms with Gasteiger partial charge in [-0.3, -0.25) is 29.8 Å². The number of aromatic amines is 1. The summed E-state index contributed by atoms with van der Waals surface area (Å²) in [6, 6.07) is 2.39. The first-order valence-corrected chi connectivity index (χ1v) is 5.05. The van der Waals surface area contributed by atoms with Crippen LogP contribution < -0.4 is 11.0 Å². The monoisotopic (exact) mass is 279 g/mol. The van der Waals surface area contributed by atoms with Crippen LogP contribution in [0.5, 0.6) is 5.75 Å².